The van der Waals surface area contributed by atoms with Crippen molar-refractivity contribution < 1.29 is 24.6 Å². The van der Waals surface area contributed by atoms with E-state index in [0.29, 0.717) is 42.2 Å². The van der Waals surface area contributed by atoms with E-state index in [1.165, 1.54) is 0 Å². The van der Waals surface area contributed by atoms with Gasteiger partial charge < -0.3 is 24.4 Å². The Morgan fingerprint density at radius 3 is 2.84 bits per heavy atom. The van der Waals surface area contributed by atoms with Gasteiger partial charge in [0, 0.05) is 22.1 Å². The number of aliphatic hydroxyl groups is 1. The van der Waals surface area contributed by atoms with Gasteiger partial charge in [-0.1, -0.05) is 6.92 Å². The fraction of sp³-hybridized carbons (Fsp3) is 0.348. The number of pyridine rings is 2. The molecule has 166 valence electrons. The summed E-state index contributed by atoms with van der Waals surface area (Å²) in [5, 5.41) is 22.1. The topological polar surface area (TPSA) is 123 Å². The maximum absolute atomic E-state index is 13.2. The van der Waals surface area contributed by atoms with Gasteiger partial charge >= 0.3 is 5.97 Å². The summed E-state index contributed by atoms with van der Waals surface area (Å²) < 4.78 is 6.69. The Morgan fingerprint density at radius 1 is 1.28 bits per heavy atom. The van der Waals surface area contributed by atoms with E-state index in [9.17, 15) is 19.8 Å². The number of esters is 1. The second-order valence-corrected chi connectivity index (χ2v) is 7.98. The second-order valence-electron chi connectivity index (χ2n) is 7.98. The Balaban J connectivity index is 1.69. The van der Waals surface area contributed by atoms with Crippen molar-refractivity contribution in [3.05, 3.63) is 56.9 Å². The molecule has 2 aliphatic heterocycles. The minimum atomic E-state index is -1.86. The molecule has 32 heavy (non-hydrogen) atoms. The highest BCUT2D eigenvalue weighted by Gasteiger charge is 2.45. The molecule has 0 spiro atoms. The molecule has 9 nitrogen and oxygen atoms in total. The summed E-state index contributed by atoms with van der Waals surface area (Å²) in [6.07, 6.45) is 0.0925. The lowest BCUT2D eigenvalue weighted by Crippen LogP contribution is -2.44. The van der Waals surface area contributed by atoms with Crippen LogP contribution in [0.2, 0.25) is 0 Å². The zero-order valence-electron chi connectivity index (χ0n) is 17.8. The number of nitrogens with one attached hydrogen (secondary N) is 1. The highest BCUT2D eigenvalue weighted by Crippen LogP contribution is 2.39. The van der Waals surface area contributed by atoms with Gasteiger partial charge in [-0.3, -0.25) is 4.79 Å². The number of carbonyl (C=O) groups is 1. The Bertz CT molecular complexity index is 1330. The first kappa shape index (κ1) is 20.6. The summed E-state index contributed by atoms with van der Waals surface area (Å²) in [6, 6.07) is 6.89. The van der Waals surface area contributed by atoms with E-state index < -0.39 is 11.6 Å². The molecule has 5 rings (SSSR count). The summed E-state index contributed by atoms with van der Waals surface area (Å²) in [5.74, 6) is -0.623. The van der Waals surface area contributed by atoms with Crippen LogP contribution >= 0.6 is 0 Å². The van der Waals surface area contributed by atoms with E-state index in [1.807, 2.05) is 13.0 Å². The third kappa shape index (κ3) is 2.85. The quantitative estimate of drug-likeness (QED) is 0.246. The molecular weight excluding hydrogens is 414 g/mol. The molecular formula is C23H23N3O6. The first-order valence-electron chi connectivity index (χ1n) is 10.5. The first-order chi connectivity index (χ1) is 15.4. The van der Waals surface area contributed by atoms with E-state index >= 15 is 0 Å². The predicted octanol–water partition coefficient (Wildman–Crippen LogP) is 1.83. The number of rotatable bonds is 5. The zero-order valence-corrected chi connectivity index (χ0v) is 17.8. The van der Waals surface area contributed by atoms with Gasteiger partial charge in [0.1, 0.15) is 12.4 Å². The average molecular weight is 437 g/mol. The van der Waals surface area contributed by atoms with Gasteiger partial charge in [0.15, 0.2) is 5.60 Å². The highest BCUT2D eigenvalue weighted by atomic mass is 16.6. The lowest BCUT2D eigenvalue weighted by Gasteiger charge is -2.31. The van der Waals surface area contributed by atoms with Gasteiger partial charge in [0.05, 0.1) is 42.2 Å². The minimum Gasteiger partial charge on any atom is -0.508 e. The third-order valence-corrected chi connectivity index (χ3v) is 6.27. The van der Waals surface area contributed by atoms with Crippen LogP contribution in [-0.2, 0) is 39.7 Å². The van der Waals surface area contributed by atoms with Crippen LogP contribution in [0.25, 0.3) is 22.3 Å². The standard InChI is InChI=1S/C23H23N3O6/c1-3-23(30)16-8-18-20-12(10-26(18)21(28)15(16)11-31-22(23)29)7-13-14(9-24-32-4-2)19(27)6-5-17(13)25-20/h5-8,24,27,30H,3-4,9-11H2,1-2H3. The SMILES string of the molecule is CCONCc1c(O)ccc2nc3c(cc12)Cn1c-3cc2c(c1=O)COC(=O)C2(O)CC. The Hall–Kier alpha value is -3.27. The number of ether oxygens (including phenoxy) is 1. The summed E-state index contributed by atoms with van der Waals surface area (Å²) in [4.78, 5) is 35.5. The van der Waals surface area contributed by atoms with Gasteiger partial charge in [0.25, 0.3) is 5.56 Å². The summed E-state index contributed by atoms with van der Waals surface area (Å²) in [7, 11) is 0. The van der Waals surface area contributed by atoms with Crippen LogP contribution in [-0.4, -0.2) is 32.3 Å². The number of nitrogens with zero attached hydrogens (tertiary/aromatic N) is 2. The van der Waals surface area contributed by atoms with Crippen LogP contribution < -0.4 is 11.0 Å². The monoisotopic (exact) mass is 437 g/mol. The number of cyclic esters (lactones) is 1. The fourth-order valence-electron chi connectivity index (χ4n) is 4.51. The van der Waals surface area contributed by atoms with Gasteiger partial charge in [0.2, 0.25) is 0 Å². The van der Waals surface area contributed by atoms with Gasteiger partial charge in [-0.25, -0.2) is 9.78 Å². The molecule has 1 unspecified atom stereocenters. The molecule has 2 aromatic heterocycles. The van der Waals surface area contributed by atoms with Gasteiger partial charge in [-0.05, 0) is 37.6 Å². The van der Waals surface area contributed by atoms with E-state index in [0.717, 1.165) is 10.9 Å². The maximum atomic E-state index is 13.2. The van der Waals surface area contributed by atoms with Crippen molar-refractivity contribution in [3.8, 4) is 17.1 Å². The van der Waals surface area contributed by atoms with Crippen LogP contribution in [0.5, 0.6) is 5.75 Å². The maximum Gasteiger partial charge on any atom is 0.343 e. The molecule has 0 bridgehead atoms. The molecule has 1 aromatic carbocycles. The number of phenols is 1. The number of aromatic hydroxyl groups is 1. The van der Waals surface area contributed by atoms with Crippen molar-refractivity contribution in [1.29, 1.82) is 0 Å². The van der Waals surface area contributed by atoms with Crippen molar-refractivity contribution >= 4 is 16.9 Å². The van der Waals surface area contributed by atoms with E-state index in [4.69, 9.17) is 14.6 Å². The van der Waals surface area contributed by atoms with E-state index in [1.54, 1.807) is 29.7 Å². The van der Waals surface area contributed by atoms with Crippen LogP contribution in [0.15, 0.2) is 29.1 Å². The van der Waals surface area contributed by atoms with E-state index in [-0.39, 0.29) is 35.5 Å². The molecule has 0 fully saturated rings. The number of hydrogen-bond acceptors (Lipinski definition) is 8. The molecule has 3 aromatic rings. The normalized spacial score (nSPS) is 18.9. The van der Waals surface area contributed by atoms with Crippen LogP contribution in [0, 0.1) is 0 Å². The second kappa shape index (κ2) is 7.40. The molecule has 4 heterocycles. The molecule has 9 heteroatoms. The van der Waals surface area contributed by atoms with Crippen LogP contribution in [0.1, 0.15) is 42.5 Å². The Morgan fingerprint density at radius 2 is 2.09 bits per heavy atom. The first-order valence-corrected chi connectivity index (χ1v) is 10.5. The molecule has 0 radical (unpaired) electrons. The minimum absolute atomic E-state index is 0.0925. The Labute approximate surface area is 183 Å². The van der Waals surface area contributed by atoms with Crippen molar-refractivity contribution in [2.45, 2.75) is 45.6 Å². The predicted molar refractivity (Wildman–Crippen MR) is 115 cm³/mol. The zero-order chi connectivity index (χ0) is 22.6. The van der Waals surface area contributed by atoms with Crippen LogP contribution in [0.4, 0.5) is 0 Å². The number of phenolic OH excluding ortho intramolecular Hbond substituents is 1. The number of aromatic nitrogens is 2. The molecule has 0 amide bonds. The number of fused-ring (bicyclic) bond motifs is 5. The molecule has 1 atom stereocenters. The smallest absolute Gasteiger partial charge is 0.343 e. The van der Waals surface area contributed by atoms with Gasteiger partial charge in [-0.15, -0.1) is 0 Å². The molecule has 2 aliphatic rings. The van der Waals surface area contributed by atoms with Crippen molar-refractivity contribution in [1.82, 2.24) is 15.0 Å². The van der Waals surface area contributed by atoms with Crippen molar-refractivity contribution in [2.24, 2.45) is 0 Å². The van der Waals surface area contributed by atoms with E-state index in [2.05, 4.69) is 5.48 Å². The van der Waals surface area contributed by atoms with Crippen molar-refractivity contribution in [2.75, 3.05) is 6.61 Å². The summed E-state index contributed by atoms with van der Waals surface area (Å²) in [6.45, 7) is 4.44. The number of hydroxylamine groups is 1. The summed E-state index contributed by atoms with van der Waals surface area (Å²) in [5.41, 5.74) is 4.51. The lowest BCUT2D eigenvalue weighted by atomic mass is 9.86. The number of carbonyl (C=O) groups excluding carboxylic acids is 1. The Kier molecular flexibility index (Phi) is 4.77. The van der Waals surface area contributed by atoms with Gasteiger partial charge in [-0.2, -0.15) is 5.48 Å². The third-order valence-electron chi connectivity index (χ3n) is 6.27. The number of hydrogen-bond donors (Lipinski definition) is 3. The number of benzene rings is 1. The van der Waals surface area contributed by atoms with Crippen molar-refractivity contribution in [3.63, 3.8) is 0 Å². The lowest BCUT2D eigenvalue weighted by molar-refractivity contribution is -0.172. The highest BCUT2D eigenvalue weighted by molar-refractivity contribution is 5.89. The largest absolute Gasteiger partial charge is 0.508 e. The molecule has 0 aliphatic carbocycles. The summed E-state index contributed by atoms with van der Waals surface area (Å²) >= 11 is 0. The fourth-order valence-corrected chi connectivity index (χ4v) is 4.51. The molecule has 0 saturated heterocycles. The van der Waals surface area contributed by atoms with Crippen LogP contribution in [0.3, 0.4) is 0 Å². The molecule has 0 saturated carbocycles. The molecule has 3 N–H and O–H groups in total. The average Bonchev–Trinajstić information content (AvgIpc) is 3.15.